The van der Waals surface area contributed by atoms with Gasteiger partial charge in [0.25, 0.3) is 5.91 Å². The van der Waals surface area contributed by atoms with Crippen molar-refractivity contribution in [2.75, 3.05) is 6.54 Å². The fraction of sp³-hybridized carbons (Fsp3) is 0.364. The van der Waals surface area contributed by atoms with Crippen molar-refractivity contribution in [3.05, 3.63) is 22.7 Å². The lowest BCUT2D eigenvalue weighted by molar-refractivity contribution is 0.0953. The number of carbonyl (C=O) groups excluding carboxylic acids is 1. The molecule has 1 aromatic heterocycles. The van der Waals surface area contributed by atoms with E-state index in [1.807, 2.05) is 13.8 Å². The second kappa shape index (κ2) is 5.47. The van der Waals surface area contributed by atoms with E-state index in [4.69, 9.17) is 18.0 Å². The summed E-state index contributed by atoms with van der Waals surface area (Å²) in [4.78, 5) is 19.8. The summed E-state index contributed by atoms with van der Waals surface area (Å²) >= 11 is 5.84. The van der Waals surface area contributed by atoms with Gasteiger partial charge in [0.2, 0.25) is 0 Å². The van der Waals surface area contributed by atoms with Crippen molar-refractivity contribution >= 4 is 17.5 Å². The van der Waals surface area contributed by atoms with E-state index >= 15 is 0 Å². The normalized spacial score (nSPS) is 9.94. The van der Waals surface area contributed by atoms with E-state index in [2.05, 4.69) is 21.2 Å². The maximum absolute atomic E-state index is 11.6. The molecule has 0 unspecified atom stereocenters. The van der Waals surface area contributed by atoms with Crippen LogP contribution in [-0.2, 0) is 0 Å². The molecule has 0 aromatic carbocycles. The molecule has 1 aromatic rings. The molecule has 84 valence electrons. The van der Waals surface area contributed by atoms with Crippen LogP contribution in [0.5, 0.6) is 0 Å². The Morgan fingerprint density at radius 3 is 2.94 bits per heavy atom. The molecule has 5 heteroatoms. The molecule has 16 heavy (non-hydrogen) atoms. The Kier molecular flexibility index (Phi) is 4.27. The van der Waals surface area contributed by atoms with Gasteiger partial charge in [-0.2, -0.15) is 0 Å². The van der Waals surface area contributed by atoms with E-state index in [1.165, 1.54) is 6.20 Å². The molecule has 4 nitrogen and oxygen atoms in total. The number of halogens is 1. The van der Waals surface area contributed by atoms with Gasteiger partial charge in [0.05, 0.1) is 17.8 Å². The van der Waals surface area contributed by atoms with E-state index in [-0.39, 0.29) is 29.1 Å². The van der Waals surface area contributed by atoms with Crippen LogP contribution < -0.4 is 5.32 Å². The van der Waals surface area contributed by atoms with E-state index in [9.17, 15) is 4.79 Å². The van der Waals surface area contributed by atoms with Crippen molar-refractivity contribution in [3.8, 4) is 12.3 Å². The topological polar surface area (TPSA) is 54.9 Å². The summed E-state index contributed by atoms with van der Waals surface area (Å²) in [5.74, 6) is 2.64. The molecular formula is C11H12ClN3O. The predicted octanol–water partition coefficient (Wildman–Crippen LogP) is 1.62. The van der Waals surface area contributed by atoms with Crippen LogP contribution in [0.3, 0.4) is 0 Å². The highest BCUT2D eigenvalue weighted by Crippen LogP contribution is 2.15. The van der Waals surface area contributed by atoms with Gasteiger partial charge in [0, 0.05) is 5.92 Å². The Bertz CT molecular complexity index is 437. The first-order valence-corrected chi connectivity index (χ1v) is 5.18. The fourth-order valence-electron chi connectivity index (χ4n) is 1.03. The average Bonchev–Trinajstić information content (AvgIpc) is 2.26. The van der Waals surface area contributed by atoms with Gasteiger partial charge < -0.3 is 5.32 Å². The van der Waals surface area contributed by atoms with Crippen molar-refractivity contribution in [3.63, 3.8) is 0 Å². The third-order valence-corrected chi connectivity index (χ3v) is 2.12. The van der Waals surface area contributed by atoms with Crippen LogP contribution >= 0.6 is 11.6 Å². The molecule has 1 rings (SSSR count). The van der Waals surface area contributed by atoms with Gasteiger partial charge in [-0.3, -0.25) is 4.79 Å². The number of carbonyl (C=O) groups is 1. The maximum Gasteiger partial charge on any atom is 0.272 e. The zero-order valence-electron chi connectivity index (χ0n) is 9.12. The molecule has 0 spiro atoms. The van der Waals surface area contributed by atoms with Crippen LogP contribution in [-0.4, -0.2) is 22.4 Å². The smallest absolute Gasteiger partial charge is 0.272 e. The van der Waals surface area contributed by atoms with Gasteiger partial charge in [0.15, 0.2) is 0 Å². The molecule has 1 N–H and O–H groups in total. The SMILES string of the molecule is C#CCNC(=O)c1nc(C(C)C)ncc1Cl. The Morgan fingerprint density at radius 1 is 1.69 bits per heavy atom. The molecular weight excluding hydrogens is 226 g/mol. The highest BCUT2D eigenvalue weighted by atomic mass is 35.5. The molecule has 0 fully saturated rings. The third-order valence-electron chi connectivity index (χ3n) is 1.85. The lowest BCUT2D eigenvalue weighted by Gasteiger charge is -2.07. The van der Waals surface area contributed by atoms with Crippen molar-refractivity contribution in [2.24, 2.45) is 0 Å². The number of nitrogens with one attached hydrogen (secondary N) is 1. The molecule has 0 aliphatic carbocycles. The quantitative estimate of drug-likeness (QED) is 0.813. The molecule has 0 aliphatic rings. The van der Waals surface area contributed by atoms with Gasteiger partial charge in [-0.1, -0.05) is 31.4 Å². The fourth-order valence-corrected chi connectivity index (χ4v) is 1.21. The predicted molar refractivity (Wildman–Crippen MR) is 62.3 cm³/mol. The van der Waals surface area contributed by atoms with E-state index in [0.717, 1.165) is 0 Å². The van der Waals surface area contributed by atoms with Gasteiger partial charge in [-0.05, 0) is 0 Å². The summed E-state index contributed by atoms with van der Waals surface area (Å²) in [5, 5.41) is 2.73. The van der Waals surface area contributed by atoms with Crippen LogP contribution in [0.2, 0.25) is 5.02 Å². The minimum absolute atomic E-state index is 0.136. The molecule has 1 heterocycles. The largest absolute Gasteiger partial charge is 0.340 e. The van der Waals surface area contributed by atoms with Crippen LogP contribution in [0.4, 0.5) is 0 Å². The number of hydrogen-bond donors (Lipinski definition) is 1. The molecule has 0 atom stereocenters. The summed E-state index contributed by atoms with van der Waals surface area (Å²) in [7, 11) is 0. The minimum Gasteiger partial charge on any atom is -0.340 e. The number of amides is 1. The van der Waals surface area contributed by atoms with Crippen LogP contribution in [0.15, 0.2) is 6.20 Å². The first kappa shape index (κ1) is 12.5. The Morgan fingerprint density at radius 2 is 2.38 bits per heavy atom. The summed E-state index contributed by atoms with van der Waals surface area (Å²) in [6, 6.07) is 0. The molecule has 0 bridgehead atoms. The summed E-state index contributed by atoms with van der Waals surface area (Å²) < 4.78 is 0. The van der Waals surface area contributed by atoms with E-state index in [1.54, 1.807) is 0 Å². The molecule has 0 saturated carbocycles. The van der Waals surface area contributed by atoms with Crippen molar-refractivity contribution in [1.82, 2.24) is 15.3 Å². The average molecular weight is 238 g/mol. The van der Waals surface area contributed by atoms with Gasteiger partial charge >= 0.3 is 0 Å². The van der Waals surface area contributed by atoms with Crippen molar-refractivity contribution in [2.45, 2.75) is 19.8 Å². The Labute approximate surface area is 99.4 Å². The second-order valence-corrected chi connectivity index (χ2v) is 3.87. The zero-order valence-corrected chi connectivity index (χ0v) is 9.88. The zero-order chi connectivity index (χ0) is 12.1. The lowest BCUT2D eigenvalue weighted by atomic mass is 10.2. The van der Waals surface area contributed by atoms with Crippen LogP contribution in [0, 0.1) is 12.3 Å². The second-order valence-electron chi connectivity index (χ2n) is 3.47. The van der Waals surface area contributed by atoms with Crippen LogP contribution in [0.25, 0.3) is 0 Å². The molecule has 1 amide bonds. The molecule has 0 radical (unpaired) electrons. The Balaban J connectivity index is 2.98. The van der Waals surface area contributed by atoms with Gasteiger partial charge in [-0.15, -0.1) is 6.42 Å². The number of nitrogens with zero attached hydrogens (tertiary/aromatic N) is 2. The van der Waals surface area contributed by atoms with Crippen LogP contribution in [0.1, 0.15) is 36.1 Å². The number of terminal acetylenes is 1. The maximum atomic E-state index is 11.6. The van der Waals surface area contributed by atoms with Gasteiger partial charge in [0.1, 0.15) is 11.5 Å². The first-order chi connectivity index (χ1) is 7.56. The summed E-state index contributed by atoms with van der Waals surface area (Å²) in [5.41, 5.74) is 0.163. The number of aromatic nitrogens is 2. The summed E-state index contributed by atoms with van der Waals surface area (Å²) in [6.07, 6.45) is 6.47. The Hall–Kier alpha value is -1.60. The van der Waals surface area contributed by atoms with E-state index in [0.29, 0.717) is 5.82 Å². The first-order valence-electron chi connectivity index (χ1n) is 4.80. The summed E-state index contributed by atoms with van der Waals surface area (Å²) in [6.45, 7) is 4.02. The third kappa shape index (κ3) is 2.94. The van der Waals surface area contributed by atoms with Gasteiger partial charge in [-0.25, -0.2) is 9.97 Å². The highest BCUT2D eigenvalue weighted by molar-refractivity contribution is 6.33. The van der Waals surface area contributed by atoms with Crippen molar-refractivity contribution < 1.29 is 4.79 Å². The van der Waals surface area contributed by atoms with E-state index < -0.39 is 0 Å². The standard InChI is InChI=1S/C11H12ClN3O/c1-4-5-13-11(16)9-8(12)6-14-10(15-9)7(2)3/h1,6-7H,5H2,2-3H3,(H,13,16). The molecule has 0 saturated heterocycles. The number of rotatable bonds is 3. The molecule has 0 aliphatic heterocycles. The monoisotopic (exact) mass is 237 g/mol. The number of hydrogen-bond acceptors (Lipinski definition) is 3. The highest BCUT2D eigenvalue weighted by Gasteiger charge is 2.14. The minimum atomic E-state index is -0.382. The van der Waals surface area contributed by atoms with Crippen molar-refractivity contribution in [1.29, 1.82) is 0 Å². The lowest BCUT2D eigenvalue weighted by Crippen LogP contribution is -2.25.